The molecule has 18 heavy (non-hydrogen) atoms. The first-order valence-electron chi connectivity index (χ1n) is 7.63. The van der Waals surface area contributed by atoms with E-state index in [0.29, 0.717) is 6.04 Å². The highest BCUT2D eigenvalue weighted by molar-refractivity contribution is 4.95. The second kappa shape index (κ2) is 5.89. The highest BCUT2D eigenvalue weighted by atomic mass is 15.3. The minimum absolute atomic E-state index is 0.260. The van der Waals surface area contributed by atoms with Crippen LogP contribution in [0.5, 0.6) is 0 Å². The van der Waals surface area contributed by atoms with Crippen LogP contribution in [0.2, 0.25) is 0 Å². The van der Waals surface area contributed by atoms with Gasteiger partial charge in [0.05, 0.1) is 0 Å². The maximum Gasteiger partial charge on any atom is 0.0327 e. The second-order valence-electron chi connectivity index (χ2n) is 7.21. The number of hydrogen-bond donors (Lipinski definition) is 1. The van der Waals surface area contributed by atoms with E-state index in [9.17, 15) is 0 Å². The molecule has 2 fully saturated rings. The Morgan fingerprint density at radius 3 is 2.44 bits per heavy atom. The summed E-state index contributed by atoms with van der Waals surface area (Å²) in [5.41, 5.74) is 0.260. The molecule has 0 aromatic heterocycles. The van der Waals surface area contributed by atoms with E-state index >= 15 is 0 Å². The van der Waals surface area contributed by atoms with E-state index in [1.165, 1.54) is 45.2 Å². The van der Waals surface area contributed by atoms with Crippen LogP contribution < -0.4 is 5.32 Å². The number of rotatable bonds is 3. The molecule has 2 rings (SSSR count). The average molecular weight is 253 g/mol. The molecule has 1 unspecified atom stereocenters. The van der Waals surface area contributed by atoms with Crippen LogP contribution in [0.3, 0.4) is 0 Å². The van der Waals surface area contributed by atoms with Crippen molar-refractivity contribution in [2.45, 2.75) is 63.6 Å². The highest BCUT2D eigenvalue weighted by Gasteiger charge is 2.35. The van der Waals surface area contributed by atoms with Crippen molar-refractivity contribution in [1.82, 2.24) is 15.1 Å². The lowest BCUT2D eigenvalue weighted by atomic mass is 9.90. The van der Waals surface area contributed by atoms with Gasteiger partial charge in [-0.05, 0) is 40.8 Å². The van der Waals surface area contributed by atoms with Gasteiger partial charge < -0.3 is 10.2 Å². The maximum absolute atomic E-state index is 3.81. The van der Waals surface area contributed by atoms with Gasteiger partial charge in [-0.25, -0.2) is 0 Å². The summed E-state index contributed by atoms with van der Waals surface area (Å²) in [7, 11) is 4.35. The SMILES string of the molecule is CN(C)CC1CN(C2CCCCC2)CC(C)(C)N1. The minimum Gasteiger partial charge on any atom is -0.308 e. The van der Waals surface area contributed by atoms with Crippen LogP contribution in [-0.2, 0) is 0 Å². The highest BCUT2D eigenvalue weighted by Crippen LogP contribution is 2.26. The lowest BCUT2D eigenvalue weighted by Gasteiger charge is -2.48. The molecule has 1 aliphatic heterocycles. The molecule has 0 aromatic rings. The fraction of sp³-hybridized carbons (Fsp3) is 1.00. The van der Waals surface area contributed by atoms with Crippen molar-refractivity contribution in [2.75, 3.05) is 33.7 Å². The molecule has 0 aromatic carbocycles. The molecule has 1 saturated carbocycles. The molecule has 1 heterocycles. The smallest absolute Gasteiger partial charge is 0.0327 e. The Hall–Kier alpha value is -0.120. The Morgan fingerprint density at radius 1 is 1.17 bits per heavy atom. The van der Waals surface area contributed by atoms with Crippen molar-refractivity contribution in [1.29, 1.82) is 0 Å². The maximum atomic E-state index is 3.81. The molecular weight excluding hydrogens is 222 g/mol. The zero-order valence-corrected chi connectivity index (χ0v) is 12.7. The van der Waals surface area contributed by atoms with Gasteiger partial charge in [-0.15, -0.1) is 0 Å². The molecule has 1 N–H and O–H groups in total. The number of nitrogens with one attached hydrogen (secondary N) is 1. The summed E-state index contributed by atoms with van der Waals surface area (Å²) in [5.74, 6) is 0. The van der Waals surface area contributed by atoms with Gasteiger partial charge in [0.2, 0.25) is 0 Å². The second-order valence-corrected chi connectivity index (χ2v) is 7.21. The van der Waals surface area contributed by atoms with E-state index in [4.69, 9.17) is 0 Å². The quantitative estimate of drug-likeness (QED) is 0.829. The summed E-state index contributed by atoms with van der Waals surface area (Å²) in [5, 5.41) is 3.81. The van der Waals surface area contributed by atoms with Crippen LogP contribution in [0.1, 0.15) is 46.0 Å². The topological polar surface area (TPSA) is 18.5 Å². The molecule has 1 saturated heterocycles. The molecule has 2 aliphatic rings. The molecule has 0 bridgehead atoms. The predicted molar refractivity (Wildman–Crippen MR) is 78.0 cm³/mol. The van der Waals surface area contributed by atoms with E-state index in [1.807, 2.05) is 0 Å². The lowest BCUT2D eigenvalue weighted by Crippen LogP contribution is -2.65. The third-order valence-electron chi connectivity index (χ3n) is 4.32. The summed E-state index contributed by atoms with van der Waals surface area (Å²) in [6, 6.07) is 1.47. The van der Waals surface area contributed by atoms with Crippen molar-refractivity contribution in [3.8, 4) is 0 Å². The first-order chi connectivity index (χ1) is 8.46. The summed E-state index contributed by atoms with van der Waals surface area (Å²) >= 11 is 0. The van der Waals surface area contributed by atoms with Gasteiger partial charge in [0, 0.05) is 37.3 Å². The standard InChI is InChI=1S/C15H31N3/c1-15(2)12-18(14-8-6-5-7-9-14)11-13(16-15)10-17(3)4/h13-14,16H,5-12H2,1-4H3. The number of hydrogen-bond acceptors (Lipinski definition) is 3. The van der Waals surface area contributed by atoms with Crippen LogP contribution in [0.4, 0.5) is 0 Å². The zero-order chi connectivity index (χ0) is 13.2. The van der Waals surface area contributed by atoms with Crippen LogP contribution >= 0.6 is 0 Å². The van der Waals surface area contributed by atoms with Gasteiger partial charge in [-0.1, -0.05) is 19.3 Å². The zero-order valence-electron chi connectivity index (χ0n) is 12.7. The van der Waals surface area contributed by atoms with Gasteiger partial charge in [0.1, 0.15) is 0 Å². The van der Waals surface area contributed by atoms with Crippen molar-refractivity contribution >= 4 is 0 Å². The molecule has 1 atom stereocenters. The summed E-state index contributed by atoms with van der Waals surface area (Å²) in [6.07, 6.45) is 7.17. The van der Waals surface area contributed by atoms with Crippen molar-refractivity contribution in [3.63, 3.8) is 0 Å². The average Bonchev–Trinajstić information content (AvgIpc) is 2.27. The number of piperazine rings is 1. The fourth-order valence-electron chi connectivity index (χ4n) is 3.77. The Bertz CT molecular complexity index is 256. The van der Waals surface area contributed by atoms with Crippen LogP contribution in [0.15, 0.2) is 0 Å². The Labute approximate surface area is 113 Å². The fourth-order valence-corrected chi connectivity index (χ4v) is 3.77. The largest absolute Gasteiger partial charge is 0.308 e. The third-order valence-corrected chi connectivity index (χ3v) is 4.32. The Kier molecular flexibility index (Phi) is 4.68. The summed E-state index contributed by atoms with van der Waals surface area (Å²) in [6.45, 7) is 8.29. The van der Waals surface area contributed by atoms with E-state index in [0.717, 1.165) is 12.6 Å². The monoisotopic (exact) mass is 253 g/mol. The first-order valence-corrected chi connectivity index (χ1v) is 7.63. The van der Waals surface area contributed by atoms with Crippen molar-refractivity contribution in [3.05, 3.63) is 0 Å². The summed E-state index contributed by atoms with van der Waals surface area (Å²) in [4.78, 5) is 5.07. The molecular formula is C15H31N3. The number of likely N-dealkylation sites (N-methyl/N-ethyl adjacent to an activating group) is 1. The molecule has 0 spiro atoms. The van der Waals surface area contributed by atoms with Gasteiger partial charge in [0.25, 0.3) is 0 Å². The van der Waals surface area contributed by atoms with E-state index in [2.05, 4.69) is 43.1 Å². The van der Waals surface area contributed by atoms with Gasteiger partial charge in [0.15, 0.2) is 0 Å². The minimum atomic E-state index is 0.260. The Balaban J connectivity index is 1.96. The van der Waals surface area contributed by atoms with E-state index < -0.39 is 0 Å². The number of nitrogens with zero attached hydrogens (tertiary/aromatic N) is 2. The molecule has 3 heteroatoms. The van der Waals surface area contributed by atoms with Crippen molar-refractivity contribution < 1.29 is 0 Å². The molecule has 106 valence electrons. The normalized spacial score (nSPS) is 30.8. The van der Waals surface area contributed by atoms with E-state index in [1.54, 1.807) is 0 Å². The third kappa shape index (κ3) is 3.94. The molecule has 0 radical (unpaired) electrons. The Morgan fingerprint density at radius 2 is 1.83 bits per heavy atom. The molecule has 3 nitrogen and oxygen atoms in total. The first kappa shape index (κ1) is 14.3. The van der Waals surface area contributed by atoms with Gasteiger partial charge >= 0.3 is 0 Å². The summed E-state index contributed by atoms with van der Waals surface area (Å²) < 4.78 is 0. The molecule has 1 aliphatic carbocycles. The molecule has 0 amide bonds. The van der Waals surface area contributed by atoms with Crippen LogP contribution in [0.25, 0.3) is 0 Å². The van der Waals surface area contributed by atoms with Crippen molar-refractivity contribution in [2.24, 2.45) is 0 Å². The van der Waals surface area contributed by atoms with Gasteiger partial charge in [-0.3, -0.25) is 4.90 Å². The van der Waals surface area contributed by atoms with Gasteiger partial charge in [-0.2, -0.15) is 0 Å². The lowest BCUT2D eigenvalue weighted by molar-refractivity contribution is 0.0546. The van der Waals surface area contributed by atoms with Crippen LogP contribution in [-0.4, -0.2) is 61.2 Å². The van der Waals surface area contributed by atoms with E-state index in [-0.39, 0.29) is 5.54 Å². The predicted octanol–water partition coefficient (Wildman–Crippen LogP) is 1.93. The van der Waals surface area contributed by atoms with Crippen LogP contribution in [0, 0.1) is 0 Å².